The van der Waals surface area contributed by atoms with Crippen molar-refractivity contribution in [3.63, 3.8) is 0 Å². The fraction of sp³-hybridized carbons (Fsp3) is 0. The van der Waals surface area contributed by atoms with Gasteiger partial charge in [0.25, 0.3) is 0 Å². The highest BCUT2D eigenvalue weighted by molar-refractivity contribution is 7.20. The van der Waals surface area contributed by atoms with Gasteiger partial charge in [-0.25, -0.2) is 0 Å². The zero-order valence-corrected chi connectivity index (χ0v) is 41.0. The molecular weight excluding hydrogens is 873 g/mol. The summed E-state index contributed by atoms with van der Waals surface area (Å²) in [5.41, 5.74) is 9.51. The SMILES string of the molecule is C(=C(/c1ccccc1)c1ccc(-c2ccc([Si](c3ccccc3)(c3ccccc3)c3ccccc3)cc2)cc1)/c1ccc(-c2ccc([Si](c3ccccc3)(c3ccccc3)c3ccccc3)cc2)cc1. The molecule has 0 aliphatic heterocycles. The molecule has 0 nitrogen and oxygen atoms in total. The van der Waals surface area contributed by atoms with Crippen LogP contribution in [-0.2, 0) is 0 Å². The molecule has 0 saturated carbocycles. The van der Waals surface area contributed by atoms with Crippen LogP contribution in [0.4, 0.5) is 0 Å². The Morgan fingerprint density at radius 2 is 0.414 bits per heavy atom. The third-order valence-electron chi connectivity index (χ3n) is 14.0. The van der Waals surface area contributed by atoms with Gasteiger partial charge in [0.2, 0.25) is 0 Å². The summed E-state index contributed by atoms with van der Waals surface area (Å²) in [6, 6.07) is 114. The van der Waals surface area contributed by atoms with Gasteiger partial charge < -0.3 is 0 Å². The summed E-state index contributed by atoms with van der Waals surface area (Å²) >= 11 is 0. The quantitative estimate of drug-likeness (QED) is 0.0614. The van der Waals surface area contributed by atoms with E-state index in [0.717, 1.165) is 5.56 Å². The average Bonchev–Trinajstić information content (AvgIpc) is 3.45. The Bertz CT molecular complexity index is 3240. The minimum Gasteiger partial charge on any atom is -0.0623 e. The van der Waals surface area contributed by atoms with Crippen molar-refractivity contribution < 1.29 is 0 Å². The molecule has 0 aliphatic carbocycles. The molecular formula is C68H52Si2. The first-order chi connectivity index (χ1) is 34.7. The standard InChI is InChI=1S/C68H52Si2/c1-8-22-58(23-9-1)68(59-42-40-55(41-43-59)57-46-50-67(51-47-57)70(63-30-16-5-17-31-63,64-32-18-6-19-33-64)65-34-20-7-21-35-65)52-53-36-38-54(39-37-53)56-44-48-66(49-45-56)69(60-24-10-2-11-25-60,61-26-12-3-13-27-61)62-28-14-4-15-29-62/h1-52H/b68-52+. The van der Waals surface area contributed by atoms with E-state index in [-0.39, 0.29) is 0 Å². The Morgan fingerprint density at radius 1 is 0.200 bits per heavy atom. The van der Waals surface area contributed by atoms with Crippen molar-refractivity contribution in [3.8, 4) is 22.3 Å². The average molecular weight is 925 g/mol. The van der Waals surface area contributed by atoms with Gasteiger partial charge in [0.05, 0.1) is 0 Å². The number of hydrogen-bond donors (Lipinski definition) is 0. The Morgan fingerprint density at radius 3 is 0.700 bits per heavy atom. The van der Waals surface area contributed by atoms with Crippen LogP contribution in [0.15, 0.2) is 309 Å². The van der Waals surface area contributed by atoms with Crippen molar-refractivity contribution >= 4 is 69.3 Å². The minimum atomic E-state index is -2.60. The zero-order valence-electron chi connectivity index (χ0n) is 39.0. The second kappa shape index (κ2) is 20.1. The van der Waals surface area contributed by atoms with Gasteiger partial charge in [0, 0.05) is 0 Å². The summed E-state index contributed by atoms with van der Waals surface area (Å²) in [5.74, 6) is 0. The first kappa shape index (κ1) is 44.1. The molecule has 11 aromatic rings. The van der Waals surface area contributed by atoms with Crippen LogP contribution in [0, 0.1) is 0 Å². The van der Waals surface area contributed by atoms with Gasteiger partial charge >= 0.3 is 0 Å². The van der Waals surface area contributed by atoms with Crippen LogP contribution in [0.2, 0.25) is 0 Å². The monoisotopic (exact) mass is 924 g/mol. The molecule has 0 unspecified atom stereocenters. The molecule has 0 amide bonds. The van der Waals surface area contributed by atoms with Gasteiger partial charge in [-0.1, -0.05) is 309 Å². The van der Waals surface area contributed by atoms with E-state index in [1.807, 2.05) is 0 Å². The Balaban J connectivity index is 0.899. The van der Waals surface area contributed by atoms with Crippen LogP contribution in [0.25, 0.3) is 33.9 Å². The van der Waals surface area contributed by atoms with E-state index in [4.69, 9.17) is 0 Å². The maximum Gasteiger partial charge on any atom is 0.179 e. The fourth-order valence-corrected chi connectivity index (χ4v) is 20.2. The van der Waals surface area contributed by atoms with Crippen LogP contribution >= 0.6 is 0 Å². The topological polar surface area (TPSA) is 0 Å². The first-order valence-electron chi connectivity index (χ1n) is 24.2. The minimum absolute atomic E-state index is 1.16. The number of benzene rings is 11. The van der Waals surface area contributed by atoms with E-state index >= 15 is 0 Å². The lowest BCUT2D eigenvalue weighted by atomic mass is 9.93. The molecule has 0 fully saturated rings. The Kier molecular flexibility index (Phi) is 12.6. The molecule has 332 valence electrons. The highest BCUT2D eigenvalue weighted by Gasteiger charge is 2.42. The summed E-state index contributed by atoms with van der Waals surface area (Å²) in [4.78, 5) is 0. The molecule has 11 aromatic carbocycles. The summed E-state index contributed by atoms with van der Waals surface area (Å²) < 4.78 is 0. The second-order valence-corrected chi connectivity index (χ2v) is 25.6. The lowest BCUT2D eigenvalue weighted by Crippen LogP contribution is -2.74. The van der Waals surface area contributed by atoms with Crippen molar-refractivity contribution in [1.29, 1.82) is 0 Å². The second-order valence-electron chi connectivity index (χ2n) is 18.0. The van der Waals surface area contributed by atoms with Crippen molar-refractivity contribution in [1.82, 2.24) is 0 Å². The molecule has 11 rings (SSSR count). The van der Waals surface area contributed by atoms with Gasteiger partial charge in [-0.2, -0.15) is 0 Å². The highest BCUT2D eigenvalue weighted by Crippen LogP contribution is 2.30. The van der Waals surface area contributed by atoms with E-state index in [9.17, 15) is 0 Å². The van der Waals surface area contributed by atoms with Gasteiger partial charge in [-0.05, 0) is 92.1 Å². The fourth-order valence-electron chi connectivity index (χ4n) is 10.7. The molecule has 0 N–H and O–H groups in total. The molecule has 0 spiro atoms. The molecule has 0 bridgehead atoms. The molecule has 2 heteroatoms. The van der Waals surface area contributed by atoms with Gasteiger partial charge in [0.15, 0.2) is 16.1 Å². The maximum absolute atomic E-state index is 2.60. The highest BCUT2D eigenvalue weighted by atomic mass is 28.3. The van der Waals surface area contributed by atoms with Gasteiger partial charge in [0.1, 0.15) is 0 Å². The van der Waals surface area contributed by atoms with Crippen molar-refractivity contribution in [2.75, 3.05) is 0 Å². The van der Waals surface area contributed by atoms with Crippen LogP contribution < -0.4 is 41.5 Å². The summed E-state index contributed by atoms with van der Waals surface area (Å²) in [5, 5.41) is 11.0. The zero-order chi connectivity index (χ0) is 47.0. The third kappa shape index (κ3) is 8.45. The predicted octanol–water partition coefficient (Wildman–Crippen LogP) is 11.4. The van der Waals surface area contributed by atoms with Crippen molar-refractivity contribution in [2.45, 2.75) is 0 Å². The number of hydrogen-bond acceptors (Lipinski definition) is 0. The molecule has 0 atom stereocenters. The summed E-state index contributed by atoms with van der Waals surface area (Å²) in [7, 11) is -5.19. The lowest BCUT2D eigenvalue weighted by molar-refractivity contribution is 1.54. The maximum atomic E-state index is 2.38. The van der Waals surface area contributed by atoms with E-state index in [1.54, 1.807) is 0 Å². The number of rotatable bonds is 13. The normalized spacial score (nSPS) is 11.8. The van der Waals surface area contributed by atoms with Crippen LogP contribution in [0.1, 0.15) is 16.7 Å². The molecule has 0 heterocycles. The van der Waals surface area contributed by atoms with Crippen LogP contribution in [0.3, 0.4) is 0 Å². The van der Waals surface area contributed by atoms with E-state index < -0.39 is 16.1 Å². The summed E-state index contributed by atoms with van der Waals surface area (Å²) in [6.45, 7) is 0. The Hall–Kier alpha value is -8.41. The molecule has 0 radical (unpaired) electrons. The largest absolute Gasteiger partial charge is 0.179 e. The lowest BCUT2D eigenvalue weighted by Gasteiger charge is -2.34. The van der Waals surface area contributed by atoms with Crippen LogP contribution in [0.5, 0.6) is 0 Å². The predicted molar refractivity (Wildman–Crippen MR) is 304 cm³/mol. The molecule has 0 saturated heterocycles. The molecule has 0 aliphatic rings. The van der Waals surface area contributed by atoms with Crippen LogP contribution in [-0.4, -0.2) is 16.1 Å². The third-order valence-corrected chi connectivity index (χ3v) is 23.6. The van der Waals surface area contributed by atoms with E-state index in [0.29, 0.717) is 0 Å². The smallest absolute Gasteiger partial charge is 0.0623 e. The van der Waals surface area contributed by atoms with Gasteiger partial charge in [-0.3, -0.25) is 0 Å². The van der Waals surface area contributed by atoms with E-state index in [2.05, 4.69) is 315 Å². The first-order valence-corrected chi connectivity index (χ1v) is 28.2. The van der Waals surface area contributed by atoms with E-state index in [1.165, 1.54) is 80.4 Å². The van der Waals surface area contributed by atoms with Crippen molar-refractivity contribution in [2.24, 2.45) is 0 Å². The Labute approximate surface area is 415 Å². The summed E-state index contributed by atoms with van der Waals surface area (Å²) in [6.07, 6.45) is 2.33. The van der Waals surface area contributed by atoms with Crippen molar-refractivity contribution in [3.05, 3.63) is 326 Å². The molecule has 70 heavy (non-hydrogen) atoms. The van der Waals surface area contributed by atoms with Gasteiger partial charge in [-0.15, -0.1) is 0 Å². The molecule has 0 aromatic heterocycles.